The Morgan fingerprint density at radius 3 is 3.14 bits per heavy atom. The predicted molar refractivity (Wildman–Crippen MR) is 59.8 cm³/mol. The molecule has 2 heterocycles. The third-order valence-electron chi connectivity index (χ3n) is 1.42. The first kappa shape index (κ1) is 9.57. The van der Waals surface area contributed by atoms with Crippen molar-refractivity contribution in [1.29, 1.82) is 0 Å². The summed E-state index contributed by atoms with van der Waals surface area (Å²) in [5.41, 5.74) is 0. The molecule has 6 heteroatoms. The molecule has 0 aliphatic carbocycles. The summed E-state index contributed by atoms with van der Waals surface area (Å²) in [7, 11) is 0. The van der Waals surface area contributed by atoms with Crippen LogP contribution in [0.25, 0.3) is 0 Å². The molecule has 0 aromatic carbocycles. The van der Waals surface area contributed by atoms with Crippen LogP contribution in [0.3, 0.4) is 0 Å². The standard InChI is InChI=1S/C8H8N4S2/c1-3-7(13-9-5-1)11-12-8-4-2-6-10-14-8/h1-5,10H,6H2. The van der Waals surface area contributed by atoms with Crippen LogP contribution in [0.1, 0.15) is 0 Å². The molecule has 1 N–H and O–H groups in total. The lowest BCUT2D eigenvalue weighted by Gasteiger charge is -2.03. The van der Waals surface area contributed by atoms with Crippen molar-refractivity contribution in [2.45, 2.75) is 0 Å². The van der Waals surface area contributed by atoms with E-state index in [1.54, 1.807) is 6.20 Å². The van der Waals surface area contributed by atoms with Crippen LogP contribution in [0.4, 0.5) is 0 Å². The zero-order valence-electron chi connectivity index (χ0n) is 7.25. The fraction of sp³-hybridized carbons (Fsp3) is 0.125. The van der Waals surface area contributed by atoms with E-state index in [0.717, 1.165) is 16.3 Å². The average molecular weight is 224 g/mol. The van der Waals surface area contributed by atoms with Crippen LogP contribution in [0.2, 0.25) is 0 Å². The smallest absolute Gasteiger partial charge is 0.157 e. The average Bonchev–Trinajstić information content (AvgIpc) is 2.29. The van der Waals surface area contributed by atoms with Crippen LogP contribution in [0.15, 0.2) is 40.7 Å². The Morgan fingerprint density at radius 2 is 2.43 bits per heavy atom. The van der Waals surface area contributed by atoms with Gasteiger partial charge in [-0.2, -0.15) is 4.37 Å². The minimum absolute atomic E-state index is 0.805. The molecular weight excluding hydrogens is 216 g/mol. The summed E-state index contributed by atoms with van der Waals surface area (Å²) in [4.78, 5) is 0. The highest BCUT2D eigenvalue weighted by Crippen LogP contribution is 2.04. The van der Waals surface area contributed by atoms with Crippen LogP contribution >= 0.6 is 23.5 Å². The van der Waals surface area contributed by atoms with Crippen LogP contribution in [0, 0.1) is 0 Å². The summed E-state index contributed by atoms with van der Waals surface area (Å²) in [6, 6.07) is 3.73. The fourth-order valence-corrected chi connectivity index (χ4v) is 1.87. The summed E-state index contributed by atoms with van der Waals surface area (Å²) in [5.74, 6) is 0. The maximum atomic E-state index is 4.08. The van der Waals surface area contributed by atoms with Crippen LogP contribution in [-0.2, 0) is 0 Å². The monoisotopic (exact) mass is 224 g/mol. The lowest BCUT2D eigenvalue weighted by Crippen LogP contribution is -2.11. The minimum atomic E-state index is 0.805. The SMILES string of the molecule is C1=CC(=NN=c2cccns2)SNC1. The van der Waals surface area contributed by atoms with Crippen LogP contribution in [-0.4, -0.2) is 16.0 Å². The van der Waals surface area contributed by atoms with E-state index < -0.39 is 0 Å². The summed E-state index contributed by atoms with van der Waals surface area (Å²) in [6.07, 6.45) is 5.69. The first-order valence-corrected chi connectivity index (χ1v) is 5.63. The Bertz CT molecular complexity index is 404. The van der Waals surface area contributed by atoms with Crippen LogP contribution in [0.5, 0.6) is 0 Å². The number of hydrogen-bond acceptors (Lipinski definition) is 6. The Kier molecular flexibility index (Phi) is 3.44. The Morgan fingerprint density at radius 1 is 1.43 bits per heavy atom. The number of rotatable bonds is 1. The van der Waals surface area contributed by atoms with E-state index >= 15 is 0 Å². The van der Waals surface area contributed by atoms with E-state index in [9.17, 15) is 0 Å². The Hall–Kier alpha value is -0.980. The molecule has 1 aliphatic heterocycles. The highest BCUT2D eigenvalue weighted by molar-refractivity contribution is 8.12. The normalized spacial score (nSPS) is 20.3. The van der Waals surface area contributed by atoms with Gasteiger partial charge >= 0.3 is 0 Å². The van der Waals surface area contributed by atoms with Gasteiger partial charge in [0.05, 0.1) is 0 Å². The highest BCUT2D eigenvalue weighted by Gasteiger charge is 1.98. The Labute approximate surface area is 89.8 Å². The van der Waals surface area contributed by atoms with Gasteiger partial charge in [-0.15, -0.1) is 10.2 Å². The van der Waals surface area contributed by atoms with Crippen molar-refractivity contribution in [1.82, 2.24) is 9.10 Å². The third-order valence-corrected chi connectivity index (χ3v) is 2.79. The number of nitrogens with one attached hydrogen (secondary N) is 1. The van der Waals surface area contributed by atoms with Gasteiger partial charge in [-0.1, -0.05) is 6.08 Å². The van der Waals surface area contributed by atoms with E-state index in [0.29, 0.717) is 0 Å². The molecule has 0 saturated carbocycles. The van der Waals surface area contributed by atoms with Gasteiger partial charge in [0, 0.05) is 12.7 Å². The molecule has 4 nitrogen and oxygen atoms in total. The molecule has 0 spiro atoms. The molecule has 1 aliphatic rings. The van der Waals surface area contributed by atoms with Gasteiger partial charge in [0.2, 0.25) is 0 Å². The predicted octanol–water partition coefficient (Wildman–Crippen LogP) is 1.16. The van der Waals surface area contributed by atoms with Crippen molar-refractivity contribution in [3.8, 4) is 0 Å². The molecule has 0 bridgehead atoms. The Balaban J connectivity index is 2.19. The maximum Gasteiger partial charge on any atom is 0.157 e. The number of aromatic nitrogens is 1. The molecule has 0 atom stereocenters. The lowest BCUT2D eigenvalue weighted by atomic mass is 10.5. The molecular formula is C8H8N4S2. The first-order chi connectivity index (χ1) is 6.95. The second kappa shape index (κ2) is 5.04. The van der Waals surface area contributed by atoms with Crippen molar-refractivity contribution < 1.29 is 0 Å². The van der Waals surface area contributed by atoms with Gasteiger partial charge < -0.3 is 0 Å². The van der Waals surface area contributed by atoms with Gasteiger partial charge in [0.1, 0.15) is 5.04 Å². The zero-order valence-corrected chi connectivity index (χ0v) is 8.88. The van der Waals surface area contributed by atoms with Crippen LogP contribution < -0.4 is 9.39 Å². The third kappa shape index (κ3) is 2.76. The topological polar surface area (TPSA) is 49.6 Å². The van der Waals surface area contributed by atoms with Crippen molar-refractivity contribution in [3.05, 3.63) is 35.2 Å². The lowest BCUT2D eigenvalue weighted by molar-refractivity contribution is 1.12. The highest BCUT2D eigenvalue weighted by atomic mass is 32.2. The molecule has 0 saturated heterocycles. The van der Waals surface area contributed by atoms with Crippen molar-refractivity contribution in [2.24, 2.45) is 10.2 Å². The van der Waals surface area contributed by atoms with Gasteiger partial charge in [-0.05, 0) is 41.7 Å². The second-order valence-electron chi connectivity index (χ2n) is 2.43. The second-order valence-corrected chi connectivity index (χ2v) is 4.16. The number of hydrogen-bond donors (Lipinski definition) is 1. The summed E-state index contributed by atoms with van der Waals surface area (Å²) >= 11 is 2.81. The maximum absolute atomic E-state index is 4.08. The molecule has 1 aromatic heterocycles. The summed E-state index contributed by atoms with van der Waals surface area (Å²) in [5, 5.41) is 9.01. The molecule has 0 fully saturated rings. The summed E-state index contributed by atoms with van der Waals surface area (Å²) < 4.78 is 7.89. The van der Waals surface area contributed by atoms with Gasteiger partial charge in [0.15, 0.2) is 4.67 Å². The fourth-order valence-electron chi connectivity index (χ4n) is 0.837. The minimum Gasteiger partial charge on any atom is -0.255 e. The van der Waals surface area contributed by atoms with Crippen molar-refractivity contribution in [2.75, 3.05) is 6.54 Å². The van der Waals surface area contributed by atoms with E-state index in [-0.39, 0.29) is 0 Å². The quantitative estimate of drug-likeness (QED) is 0.575. The molecule has 2 rings (SSSR count). The van der Waals surface area contributed by atoms with Gasteiger partial charge in [0.25, 0.3) is 0 Å². The molecule has 0 radical (unpaired) electrons. The first-order valence-electron chi connectivity index (χ1n) is 4.04. The zero-order chi connectivity index (χ0) is 9.64. The largest absolute Gasteiger partial charge is 0.255 e. The van der Waals surface area contributed by atoms with Crippen molar-refractivity contribution in [3.63, 3.8) is 0 Å². The van der Waals surface area contributed by atoms with Gasteiger partial charge in [-0.25, -0.2) is 0 Å². The molecule has 72 valence electrons. The van der Waals surface area contributed by atoms with E-state index in [1.807, 2.05) is 24.3 Å². The van der Waals surface area contributed by atoms with Crippen molar-refractivity contribution >= 4 is 28.5 Å². The molecule has 0 unspecified atom stereocenters. The molecule has 14 heavy (non-hydrogen) atoms. The molecule has 1 aromatic rings. The van der Waals surface area contributed by atoms with E-state index in [4.69, 9.17) is 0 Å². The summed E-state index contributed by atoms with van der Waals surface area (Å²) in [6.45, 7) is 0.874. The van der Waals surface area contributed by atoms with E-state index in [1.165, 1.54) is 23.5 Å². The van der Waals surface area contributed by atoms with E-state index in [2.05, 4.69) is 19.3 Å². The van der Waals surface area contributed by atoms with Gasteiger partial charge in [-0.3, -0.25) is 4.72 Å². The molecule has 0 amide bonds. The number of nitrogens with zero attached hydrogens (tertiary/aromatic N) is 3.